The summed E-state index contributed by atoms with van der Waals surface area (Å²) in [5.41, 5.74) is 3.41. The lowest BCUT2D eigenvalue weighted by molar-refractivity contribution is 0.0951. The molecule has 4 rings (SSSR count). The first-order chi connectivity index (χ1) is 17.8. The third-order valence-corrected chi connectivity index (χ3v) is 7.06. The minimum atomic E-state index is -0.202. The van der Waals surface area contributed by atoms with Crippen LogP contribution in [-0.2, 0) is 6.54 Å². The van der Waals surface area contributed by atoms with E-state index in [0.29, 0.717) is 46.2 Å². The smallest absolute Gasteiger partial charge is 0.262 e. The van der Waals surface area contributed by atoms with Crippen molar-refractivity contribution in [1.82, 2.24) is 14.9 Å². The molecule has 0 aliphatic rings. The van der Waals surface area contributed by atoms with E-state index in [-0.39, 0.29) is 23.0 Å². The van der Waals surface area contributed by atoms with Crippen LogP contribution in [0.25, 0.3) is 10.9 Å². The van der Waals surface area contributed by atoms with Crippen molar-refractivity contribution in [2.45, 2.75) is 38.9 Å². The maximum Gasteiger partial charge on any atom is 0.262 e. The summed E-state index contributed by atoms with van der Waals surface area (Å²) in [6.45, 7) is 7.15. The molecule has 37 heavy (non-hydrogen) atoms. The van der Waals surface area contributed by atoms with Gasteiger partial charge in [0.25, 0.3) is 11.5 Å². The van der Waals surface area contributed by atoms with Gasteiger partial charge in [-0.25, -0.2) is 4.98 Å². The van der Waals surface area contributed by atoms with Crippen LogP contribution in [0.5, 0.6) is 0 Å². The Labute approximate surface area is 221 Å². The van der Waals surface area contributed by atoms with Gasteiger partial charge in [0.1, 0.15) is 0 Å². The van der Waals surface area contributed by atoms with Gasteiger partial charge in [-0.05, 0) is 43.0 Å². The summed E-state index contributed by atoms with van der Waals surface area (Å²) in [7, 11) is 0. The quantitative estimate of drug-likeness (QED) is 0.172. The third-order valence-electron chi connectivity index (χ3n) is 6.08. The van der Waals surface area contributed by atoms with Gasteiger partial charge in [-0.15, -0.1) is 0 Å². The monoisotopic (exact) mass is 513 g/mol. The van der Waals surface area contributed by atoms with Crippen molar-refractivity contribution in [1.29, 1.82) is 0 Å². The number of nitrogens with zero attached hydrogens (tertiary/aromatic N) is 2. The minimum Gasteiger partial charge on any atom is -0.352 e. The number of Topliss-reactive ketones (excluding diaryl/α,β-unsaturated/α-hetero) is 1. The number of nitrogens with one attached hydrogen (secondary N) is 1. The van der Waals surface area contributed by atoms with E-state index in [1.54, 1.807) is 34.9 Å². The lowest BCUT2D eigenvalue weighted by Crippen LogP contribution is -2.26. The number of fused-ring (bicyclic) bond motifs is 1. The fourth-order valence-corrected chi connectivity index (χ4v) is 4.77. The van der Waals surface area contributed by atoms with Crippen LogP contribution in [0.3, 0.4) is 0 Å². The largest absolute Gasteiger partial charge is 0.352 e. The third kappa shape index (κ3) is 6.74. The molecule has 3 aromatic carbocycles. The Kier molecular flexibility index (Phi) is 8.56. The van der Waals surface area contributed by atoms with E-state index in [1.165, 1.54) is 11.8 Å². The molecule has 0 radical (unpaired) electrons. The molecule has 1 amide bonds. The normalized spacial score (nSPS) is 11.1. The zero-order valence-corrected chi connectivity index (χ0v) is 22.2. The molecule has 4 aromatic rings. The van der Waals surface area contributed by atoms with Crippen LogP contribution >= 0.6 is 11.8 Å². The lowest BCUT2D eigenvalue weighted by atomic mass is 10.1. The number of aromatic nitrogens is 2. The topological polar surface area (TPSA) is 81.1 Å². The summed E-state index contributed by atoms with van der Waals surface area (Å²) < 4.78 is 1.61. The zero-order valence-electron chi connectivity index (χ0n) is 21.4. The zero-order chi connectivity index (χ0) is 26.4. The first-order valence-corrected chi connectivity index (χ1v) is 13.4. The summed E-state index contributed by atoms with van der Waals surface area (Å²) in [6, 6.07) is 22.0. The van der Waals surface area contributed by atoms with Gasteiger partial charge >= 0.3 is 0 Å². The van der Waals surface area contributed by atoms with Crippen molar-refractivity contribution in [2.75, 3.05) is 12.3 Å². The highest BCUT2D eigenvalue weighted by atomic mass is 32.2. The molecule has 0 saturated carbocycles. The van der Waals surface area contributed by atoms with E-state index < -0.39 is 0 Å². The fraction of sp³-hybridized carbons (Fsp3) is 0.267. The number of hydrogen-bond donors (Lipinski definition) is 1. The van der Waals surface area contributed by atoms with Gasteiger partial charge < -0.3 is 5.32 Å². The van der Waals surface area contributed by atoms with Crippen molar-refractivity contribution in [3.8, 4) is 0 Å². The van der Waals surface area contributed by atoms with E-state index >= 15 is 0 Å². The van der Waals surface area contributed by atoms with Crippen LogP contribution in [0.4, 0.5) is 0 Å². The highest BCUT2D eigenvalue weighted by molar-refractivity contribution is 7.99. The van der Waals surface area contributed by atoms with E-state index in [2.05, 4.69) is 19.2 Å². The molecule has 0 atom stereocenters. The Morgan fingerprint density at radius 3 is 2.41 bits per heavy atom. The maximum atomic E-state index is 13.6. The summed E-state index contributed by atoms with van der Waals surface area (Å²) in [6.07, 6.45) is 0.886. The molecule has 190 valence electrons. The number of hydrogen-bond acceptors (Lipinski definition) is 5. The lowest BCUT2D eigenvalue weighted by Gasteiger charge is -2.14. The molecule has 0 aliphatic carbocycles. The van der Waals surface area contributed by atoms with Gasteiger partial charge in [-0.2, -0.15) is 0 Å². The maximum absolute atomic E-state index is 13.6. The number of thioether (sulfide) groups is 1. The van der Waals surface area contributed by atoms with Crippen molar-refractivity contribution in [2.24, 2.45) is 5.92 Å². The molecule has 1 aromatic heterocycles. The Morgan fingerprint density at radius 1 is 0.973 bits per heavy atom. The van der Waals surface area contributed by atoms with Gasteiger partial charge in [0.15, 0.2) is 10.9 Å². The van der Waals surface area contributed by atoms with Gasteiger partial charge in [0.2, 0.25) is 0 Å². The van der Waals surface area contributed by atoms with E-state index in [1.807, 2.05) is 49.4 Å². The molecule has 6 nitrogen and oxygen atoms in total. The van der Waals surface area contributed by atoms with Crippen LogP contribution in [-0.4, -0.2) is 33.5 Å². The Hall–Kier alpha value is -3.71. The molecule has 0 fully saturated rings. The SMILES string of the molecule is Cc1ccc(Cn2c(SCC(=O)c3ccccc3)nc3cc(C(=O)NCCC(C)C)ccc3c2=O)cc1. The van der Waals surface area contributed by atoms with Gasteiger partial charge in [-0.3, -0.25) is 19.0 Å². The van der Waals surface area contributed by atoms with Gasteiger partial charge in [-0.1, -0.05) is 85.8 Å². The molecule has 1 N–H and O–H groups in total. The number of aryl methyl sites for hydroxylation is 1. The standard InChI is InChI=1S/C30H31N3O3S/c1-20(2)15-16-31-28(35)24-13-14-25-26(17-24)32-30(37-19-27(34)23-7-5-4-6-8-23)33(29(25)36)18-22-11-9-21(3)10-12-22/h4-14,17,20H,15-16,18-19H2,1-3H3,(H,31,35). The molecule has 0 bridgehead atoms. The highest BCUT2D eigenvalue weighted by Crippen LogP contribution is 2.21. The number of ketones is 1. The summed E-state index contributed by atoms with van der Waals surface area (Å²) in [5.74, 6) is 0.399. The highest BCUT2D eigenvalue weighted by Gasteiger charge is 2.16. The molecule has 1 heterocycles. The summed E-state index contributed by atoms with van der Waals surface area (Å²) in [4.78, 5) is 43.8. The first-order valence-electron chi connectivity index (χ1n) is 12.4. The fourth-order valence-electron chi connectivity index (χ4n) is 3.88. The van der Waals surface area contributed by atoms with E-state index in [0.717, 1.165) is 17.5 Å². The van der Waals surface area contributed by atoms with Crippen molar-refractivity contribution in [3.63, 3.8) is 0 Å². The van der Waals surface area contributed by atoms with Crippen LogP contribution < -0.4 is 10.9 Å². The van der Waals surface area contributed by atoms with Crippen LogP contribution in [0.1, 0.15) is 52.1 Å². The van der Waals surface area contributed by atoms with Crippen molar-refractivity contribution < 1.29 is 9.59 Å². The predicted molar refractivity (Wildman–Crippen MR) is 150 cm³/mol. The number of amides is 1. The summed E-state index contributed by atoms with van der Waals surface area (Å²) in [5, 5.41) is 3.81. The Morgan fingerprint density at radius 2 is 1.70 bits per heavy atom. The molecular formula is C30H31N3O3S. The Bertz CT molecular complexity index is 1460. The molecule has 7 heteroatoms. The molecule has 0 unspecified atom stereocenters. The molecule has 0 aliphatic heterocycles. The number of rotatable bonds is 10. The summed E-state index contributed by atoms with van der Waals surface area (Å²) >= 11 is 1.23. The number of carbonyl (C=O) groups excluding carboxylic acids is 2. The first kappa shape index (κ1) is 26.4. The molecule has 0 spiro atoms. The number of benzene rings is 3. The van der Waals surface area contributed by atoms with Crippen molar-refractivity contribution in [3.05, 3.63) is 105 Å². The van der Waals surface area contributed by atoms with Crippen LogP contribution in [0.15, 0.2) is 82.7 Å². The second-order valence-corrected chi connectivity index (χ2v) is 10.5. The van der Waals surface area contributed by atoms with E-state index in [9.17, 15) is 14.4 Å². The average Bonchev–Trinajstić information content (AvgIpc) is 2.90. The molecule has 0 saturated heterocycles. The van der Waals surface area contributed by atoms with Crippen molar-refractivity contribution >= 4 is 34.4 Å². The minimum absolute atomic E-state index is 0.0416. The Balaban J connectivity index is 1.68. The second kappa shape index (κ2) is 12.0. The van der Waals surface area contributed by atoms with Gasteiger partial charge in [0, 0.05) is 17.7 Å². The average molecular weight is 514 g/mol. The van der Waals surface area contributed by atoms with E-state index in [4.69, 9.17) is 4.98 Å². The molecular weight excluding hydrogens is 482 g/mol. The second-order valence-electron chi connectivity index (χ2n) is 9.52. The predicted octanol–water partition coefficient (Wildman–Crippen LogP) is 5.50. The van der Waals surface area contributed by atoms with Gasteiger partial charge in [0.05, 0.1) is 23.2 Å². The van der Waals surface area contributed by atoms with Crippen LogP contribution in [0.2, 0.25) is 0 Å². The number of carbonyl (C=O) groups is 2. The van der Waals surface area contributed by atoms with Crippen LogP contribution in [0, 0.1) is 12.8 Å².